The number of nitrogens with zero attached hydrogens (tertiary/aromatic N) is 1. The maximum absolute atomic E-state index is 8.87. The molecule has 3 rings (SSSR count). The van der Waals surface area contributed by atoms with Crippen LogP contribution >= 0.6 is 0 Å². The average molecular weight is 185 g/mol. The number of hydrogen-bond donors (Lipinski definition) is 0. The van der Waals surface area contributed by atoms with E-state index in [-0.39, 0.29) is 11.7 Å². The van der Waals surface area contributed by atoms with Crippen molar-refractivity contribution in [2.24, 2.45) is 0 Å². The van der Waals surface area contributed by atoms with Crippen LogP contribution in [0.2, 0.25) is 0 Å². The molecule has 1 aromatic rings. The predicted octanol–water partition coefficient (Wildman–Crippen LogP) is 2.31. The maximum atomic E-state index is 8.87. The Kier molecular flexibility index (Phi) is 1.36. The lowest BCUT2D eigenvalue weighted by Gasteiger charge is -2.02. The topological polar surface area (TPSA) is 36.3 Å². The smallest absolute Gasteiger partial charge is 0.178 e. The van der Waals surface area contributed by atoms with Crippen LogP contribution in [0.3, 0.4) is 0 Å². The van der Waals surface area contributed by atoms with Gasteiger partial charge in [-0.05, 0) is 23.5 Å². The molecule has 3 unspecified atom stereocenters. The van der Waals surface area contributed by atoms with Crippen molar-refractivity contribution >= 4 is 0 Å². The summed E-state index contributed by atoms with van der Waals surface area (Å²) in [5, 5.41) is 8.87. The molecule has 0 aromatic heterocycles. The van der Waals surface area contributed by atoms with Crippen LogP contribution in [0.15, 0.2) is 24.3 Å². The first-order chi connectivity index (χ1) is 6.78. The van der Waals surface area contributed by atoms with Crippen molar-refractivity contribution in [1.82, 2.24) is 0 Å². The molecule has 0 bridgehead atoms. The van der Waals surface area contributed by atoms with Crippen molar-refractivity contribution in [1.29, 1.82) is 5.26 Å². The molecule has 1 aliphatic heterocycles. The lowest BCUT2D eigenvalue weighted by Crippen LogP contribution is -2.06. The summed E-state index contributed by atoms with van der Waals surface area (Å²) in [6.45, 7) is 2.20. The van der Waals surface area contributed by atoms with Gasteiger partial charge in [-0.1, -0.05) is 31.2 Å². The molecule has 1 saturated heterocycles. The molecule has 0 N–H and O–H groups in total. The zero-order valence-electron chi connectivity index (χ0n) is 8.03. The van der Waals surface area contributed by atoms with Gasteiger partial charge in [0.1, 0.15) is 5.60 Å². The molecule has 70 valence electrons. The van der Waals surface area contributed by atoms with E-state index in [2.05, 4.69) is 31.2 Å². The zero-order valence-corrected chi connectivity index (χ0v) is 8.03. The summed E-state index contributed by atoms with van der Waals surface area (Å²) >= 11 is 0. The van der Waals surface area contributed by atoms with E-state index in [1.807, 2.05) is 6.07 Å². The van der Waals surface area contributed by atoms with E-state index in [0.717, 1.165) is 6.42 Å². The Balaban J connectivity index is 2.13. The largest absolute Gasteiger partial charge is 0.345 e. The van der Waals surface area contributed by atoms with Gasteiger partial charge in [0.25, 0.3) is 0 Å². The molecular formula is C12H11NO. The number of ether oxygens (including phenoxy) is 1. The van der Waals surface area contributed by atoms with Gasteiger partial charge in [0.15, 0.2) is 6.10 Å². The maximum Gasteiger partial charge on any atom is 0.178 e. The van der Waals surface area contributed by atoms with Gasteiger partial charge in [-0.15, -0.1) is 0 Å². The molecule has 1 fully saturated rings. The number of rotatable bonds is 0. The van der Waals surface area contributed by atoms with Crippen molar-refractivity contribution in [3.63, 3.8) is 0 Å². The Morgan fingerprint density at radius 3 is 3.00 bits per heavy atom. The summed E-state index contributed by atoms with van der Waals surface area (Å²) in [6.07, 6.45) is 0.749. The Morgan fingerprint density at radius 1 is 1.50 bits per heavy atom. The SMILES string of the molecule is CC1CC2(OC2C#N)c2ccccc21. The number of hydrogen-bond acceptors (Lipinski definition) is 2. The molecule has 2 heteroatoms. The van der Waals surface area contributed by atoms with Gasteiger partial charge in [0, 0.05) is 0 Å². The van der Waals surface area contributed by atoms with Gasteiger partial charge >= 0.3 is 0 Å². The van der Waals surface area contributed by atoms with Crippen molar-refractivity contribution in [3.8, 4) is 6.07 Å². The summed E-state index contributed by atoms with van der Waals surface area (Å²) in [7, 11) is 0. The van der Waals surface area contributed by atoms with Crippen LogP contribution in [0.5, 0.6) is 0 Å². The Morgan fingerprint density at radius 2 is 2.29 bits per heavy atom. The predicted molar refractivity (Wildman–Crippen MR) is 51.6 cm³/mol. The minimum Gasteiger partial charge on any atom is -0.345 e. The molecule has 2 nitrogen and oxygen atoms in total. The van der Waals surface area contributed by atoms with Gasteiger partial charge in [-0.25, -0.2) is 0 Å². The first-order valence-electron chi connectivity index (χ1n) is 4.95. The molecule has 1 spiro atoms. The second-order valence-electron chi connectivity index (χ2n) is 4.21. The minimum absolute atomic E-state index is 0.214. The van der Waals surface area contributed by atoms with Crippen molar-refractivity contribution in [2.75, 3.05) is 0 Å². The second-order valence-corrected chi connectivity index (χ2v) is 4.21. The molecule has 1 heterocycles. The molecule has 0 radical (unpaired) electrons. The molecule has 14 heavy (non-hydrogen) atoms. The second kappa shape index (κ2) is 2.37. The number of nitriles is 1. The van der Waals surface area contributed by atoms with E-state index in [9.17, 15) is 0 Å². The van der Waals surface area contributed by atoms with Gasteiger partial charge < -0.3 is 4.74 Å². The van der Waals surface area contributed by atoms with E-state index in [1.165, 1.54) is 11.1 Å². The Hall–Kier alpha value is -1.33. The molecule has 0 saturated carbocycles. The van der Waals surface area contributed by atoms with Gasteiger partial charge in [-0.3, -0.25) is 0 Å². The van der Waals surface area contributed by atoms with Gasteiger partial charge in [0.2, 0.25) is 0 Å². The fraction of sp³-hybridized carbons (Fsp3) is 0.417. The van der Waals surface area contributed by atoms with Crippen molar-refractivity contribution in [2.45, 2.75) is 31.0 Å². The van der Waals surface area contributed by atoms with E-state index in [0.29, 0.717) is 5.92 Å². The van der Waals surface area contributed by atoms with Crippen LogP contribution in [-0.4, -0.2) is 6.10 Å². The normalized spacial score (nSPS) is 38.0. The summed E-state index contributed by atoms with van der Waals surface area (Å²) in [6, 6.07) is 10.5. The van der Waals surface area contributed by atoms with Crippen LogP contribution in [0, 0.1) is 11.3 Å². The molecule has 3 atom stereocenters. The highest BCUT2D eigenvalue weighted by Crippen LogP contribution is 2.58. The van der Waals surface area contributed by atoms with Crippen LogP contribution < -0.4 is 0 Å². The van der Waals surface area contributed by atoms with Crippen LogP contribution in [0.25, 0.3) is 0 Å². The number of epoxide rings is 1. The molecule has 2 aliphatic rings. The molecule has 1 aromatic carbocycles. The Bertz CT molecular complexity index is 434. The van der Waals surface area contributed by atoms with Crippen LogP contribution in [0.1, 0.15) is 30.4 Å². The quantitative estimate of drug-likeness (QED) is 0.581. The number of benzene rings is 1. The highest BCUT2D eigenvalue weighted by atomic mass is 16.6. The molecule has 1 aliphatic carbocycles. The van der Waals surface area contributed by atoms with Crippen LogP contribution in [-0.2, 0) is 10.3 Å². The highest BCUT2D eigenvalue weighted by molar-refractivity contribution is 5.46. The molecule has 0 amide bonds. The van der Waals surface area contributed by atoms with Crippen molar-refractivity contribution < 1.29 is 4.74 Å². The summed E-state index contributed by atoms with van der Waals surface area (Å²) in [4.78, 5) is 0. The zero-order chi connectivity index (χ0) is 9.76. The minimum atomic E-state index is -0.245. The third-order valence-electron chi connectivity index (χ3n) is 3.37. The third-order valence-corrected chi connectivity index (χ3v) is 3.37. The lowest BCUT2D eigenvalue weighted by atomic mass is 9.98. The number of fused-ring (bicyclic) bond motifs is 2. The average Bonchev–Trinajstić information content (AvgIpc) is 2.84. The van der Waals surface area contributed by atoms with Crippen LogP contribution in [0.4, 0.5) is 0 Å². The molecular weight excluding hydrogens is 174 g/mol. The highest BCUT2D eigenvalue weighted by Gasteiger charge is 2.62. The fourth-order valence-corrected chi connectivity index (χ4v) is 2.65. The monoisotopic (exact) mass is 185 g/mol. The summed E-state index contributed by atoms with van der Waals surface area (Å²) in [5.74, 6) is 0.518. The standard InChI is InChI=1S/C12H11NO/c1-8-6-12(11(7-13)14-12)10-5-3-2-4-9(8)10/h2-5,8,11H,6H2,1H3. The van der Waals surface area contributed by atoms with Crippen molar-refractivity contribution in [3.05, 3.63) is 35.4 Å². The first-order valence-corrected chi connectivity index (χ1v) is 4.95. The van der Waals surface area contributed by atoms with Gasteiger partial charge in [0.05, 0.1) is 6.07 Å². The summed E-state index contributed by atoms with van der Waals surface area (Å²) in [5.41, 5.74) is 2.34. The summed E-state index contributed by atoms with van der Waals surface area (Å²) < 4.78 is 5.55. The van der Waals surface area contributed by atoms with E-state index >= 15 is 0 Å². The van der Waals surface area contributed by atoms with E-state index in [4.69, 9.17) is 10.00 Å². The lowest BCUT2D eigenvalue weighted by molar-refractivity contribution is 0.295. The first kappa shape index (κ1) is 8.02. The third kappa shape index (κ3) is 0.784. The van der Waals surface area contributed by atoms with E-state index < -0.39 is 0 Å². The fourth-order valence-electron chi connectivity index (χ4n) is 2.65. The van der Waals surface area contributed by atoms with Gasteiger partial charge in [-0.2, -0.15) is 5.26 Å². The Labute approximate surface area is 83.1 Å². The van der Waals surface area contributed by atoms with E-state index in [1.54, 1.807) is 0 Å².